The van der Waals surface area contributed by atoms with Gasteiger partial charge in [0.15, 0.2) is 0 Å². The van der Waals surface area contributed by atoms with E-state index in [-0.39, 0.29) is 11.0 Å². The van der Waals surface area contributed by atoms with Gasteiger partial charge in [0.25, 0.3) is 0 Å². The molecule has 2 nitrogen and oxygen atoms in total. The SMILES string of the molecule is CC(C)(C)NCC(C)(O)C12CC3CC(CC(C3)C1)C2. The van der Waals surface area contributed by atoms with Crippen molar-refractivity contribution in [2.45, 2.75) is 77.4 Å². The van der Waals surface area contributed by atoms with Gasteiger partial charge in [0, 0.05) is 17.5 Å². The van der Waals surface area contributed by atoms with E-state index in [0.717, 1.165) is 24.3 Å². The highest BCUT2D eigenvalue weighted by Crippen LogP contribution is 2.63. The summed E-state index contributed by atoms with van der Waals surface area (Å²) in [7, 11) is 0. The molecule has 1 unspecified atom stereocenters. The van der Waals surface area contributed by atoms with Crippen LogP contribution in [-0.4, -0.2) is 22.8 Å². The van der Waals surface area contributed by atoms with Crippen molar-refractivity contribution >= 4 is 0 Å². The molecule has 4 aliphatic carbocycles. The first-order chi connectivity index (χ1) is 8.69. The Balaban J connectivity index is 1.76. The van der Waals surface area contributed by atoms with Crippen LogP contribution in [0.15, 0.2) is 0 Å². The summed E-state index contributed by atoms with van der Waals surface area (Å²) in [6.07, 6.45) is 8.17. The molecule has 0 amide bonds. The maximum Gasteiger partial charge on any atom is 0.0799 e. The molecule has 19 heavy (non-hydrogen) atoms. The van der Waals surface area contributed by atoms with E-state index in [9.17, 15) is 5.11 Å². The van der Waals surface area contributed by atoms with Gasteiger partial charge in [-0.3, -0.25) is 0 Å². The molecule has 1 atom stereocenters. The van der Waals surface area contributed by atoms with E-state index < -0.39 is 5.60 Å². The van der Waals surface area contributed by atoms with E-state index in [4.69, 9.17) is 0 Å². The summed E-state index contributed by atoms with van der Waals surface area (Å²) >= 11 is 0. The monoisotopic (exact) mass is 265 g/mol. The van der Waals surface area contributed by atoms with Crippen molar-refractivity contribution in [3.8, 4) is 0 Å². The van der Waals surface area contributed by atoms with E-state index in [1.807, 2.05) is 0 Å². The third-order valence-corrected chi connectivity index (χ3v) is 6.14. The molecular weight excluding hydrogens is 234 g/mol. The summed E-state index contributed by atoms with van der Waals surface area (Å²) in [6.45, 7) is 9.38. The van der Waals surface area contributed by atoms with E-state index in [1.165, 1.54) is 38.5 Å². The molecule has 0 aromatic heterocycles. The minimum Gasteiger partial charge on any atom is -0.388 e. The molecule has 4 bridgehead atoms. The quantitative estimate of drug-likeness (QED) is 0.820. The predicted octanol–water partition coefficient (Wildman–Crippen LogP) is 3.34. The van der Waals surface area contributed by atoms with Crippen molar-refractivity contribution < 1.29 is 5.11 Å². The lowest BCUT2D eigenvalue weighted by atomic mass is 9.45. The Morgan fingerprint density at radius 3 is 1.74 bits per heavy atom. The highest BCUT2D eigenvalue weighted by Gasteiger charge is 2.58. The van der Waals surface area contributed by atoms with Crippen LogP contribution < -0.4 is 5.32 Å². The van der Waals surface area contributed by atoms with Crippen molar-refractivity contribution in [2.24, 2.45) is 23.2 Å². The van der Waals surface area contributed by atoms with Gasteiger partial charge in [0.05, 0.1) is 5.60 Å². The van der Waals surface area contributed by atoms with Crippen molar-refractivity contribution in [3.05, 3.63) is 0 Å². The Morgan fingerprint density at radius 2 is 1.37 bits per heavy atom. The molecule has 4 aliphatic rings. The second kappa shape index (κ2) is 4.21. The molecule has 0 heterocycles. The largest absolute Gasteiger partial charge is 0.388 e. The molecule has 0 saturated heterocycles. The van der Waals surface area contributed by atoms with E-state index in [0.29, 0.717) is 0 Å². The zero-order valence-electron chi connectivity index (χ0n) is 13.1. The van der Waals surface area contributed by atoms with Crippen LogP contribution in [0.25, 0.3) is 0 Å². The fourth-order valence-corrected chi connectivity index (χ4v) is 5.40. The molecule has 4 rings (SSSR count). The van der Waals surface area contributed by atoms with Gasteiger partial charge in [0.1, 0.15) is 0 Å². The van der Waals surface area contributed by atoms with E-state index >= 15 is 0 Å². The molecule has 0 aromatic rings. The van der Waals surface area contributed by atoms with Crippen molar-refractivity contribution in [1.82, 2.24) is 5.32 Å². The molecule has 4 saturated carbocycles. The van der Waals surface area contributed by atoms with Crippen LogP contribution in [0, 0.1) is 23.2 Å². The first-order valence-electron chi connectivity index (χ1n) is 8.17. The third-order valence-electron chi connectivity index (χ3n) is 6.14. The molecule has 2 N–H and O–H groups in total. The summed E-state index contributed by atoms with van der Waals surface area (Å²) < 4.78 is 0. The molecule has 0 radical (unpaired) electrons. The Kier molecular flexibility index (Phi) is 3.07. The van der Waals surface area contributed by atoms with Gasteiger partial charge >= 0.3 is 0 Å². The van der Waals surface area contributed by atoms with Gasteiger partial charge in [-0.15, -0.1) is 0 Å². The van der Waals surface area contributed by atoms with Gasteiger partial charge in [-0.2, -0.15) is 0 Å². The fourth-order valence-electron chi connectivity index (χ4n) is 5.40. The van der Waals surface area contributed by atoms with Crippen LogP contribution in [0.1, 0.15) is 66.2 Å². The minimum absolute atomic E-state index is 0.0896. The van der Waals surface area contributed by atoms with Gasteiger partial charge in [-0.1, -0.05) is 0 Å². The number of hydrogen-bond donors (Lipinski definition) is 2. The number of nitrogens with one attached hydrogen (secondary N) is 1. The summed E-state index contributed by atoms with van der Waals surface area (Å²) in [5.41, 5.74) is -0.247. The number of β-amino-alcohol motifs (C(OH)–C–C–N with tert-alkyl or cyclic N) is 1. The van der Waals surface area contributed by atoms with Gasteiger partial charge in [-0.25, -0.2) is 0 Å². The predicted molar refractivity (Wildman–Crippen MR) is 79.0 cm³/mol. The standard InChI is InChI=1S/C17H31NO/c1-15(2,3)18-11-16(4,19)17-8-12-5-13(9-17)7-14(6-12)10-17/h12-14,18-19H,5-11H2,1-4H3. The molecule has 4 fully saturated rings. The Labute approximate surface area is 118 Å². The summed E-state index contributed by atoms with van der Waals surface area (Å²) in [5, 5.41) is 14.7. The van der Waals surface area contributed by atoms with Crippen LogP contribution in [0.5, 0.6) is 0 Å². The molecule has 0 aliphatic heterocycles. The number of rotatable bonds is 3. The Bertz CT molecular complexity index is 317. The third kappa shape index (κ3) is 2.47. The van der Waals surface area contributed by atoms with Crippen molar-refractivity contribution in [1.29, 1.82) is 0 Å². The van der Waals surface area contributed by atoms with E-state index in [1.54, 1.807) is 0 Å². The van der Waals surface area contributed by atoms with Crippen molar-refractivity contribution in [3.63, 3.8) is 0 Å². The second-order valence-electron chi connectivity index (χ2n) is 9.08. The summed E-state index contributed by atoms with van der Waals surface area (Å²) in [6, 6.07) is 0. The molecule has 0 aromatic carbocycles. The minimum atomic E-state index is -0.545. The Hall–Kier alpha value is -0.0800. The zero-order valence-corrected chi connectivity index (χ0v) is 13.1. The highest BCUT2D eigenvalue weighted by molar-refractivity contribution is 5.09. The van der Waals surface area contributed by atoms with Crippen LogP contribution in [0.4, 0.5) is 0 Å². The topological polar surface area (TPSA) is 32.3 Å². The first-order valence-corrected chi connectivity index (χ1v) is 8.17. The maximum absolute atomic E-state index is 11.2. The highest BCUT2D eigenvalue weighted by atomic mass is 16.3. The molecule has 0 spiro atoms. The zero-order chi connectivity index (χ0) is 13.9. The average Bonchev–Trinajstić information content (AvgIpc) is 2.23. The molecule has 2 heteroatoms. The normalized spacial score (nSPS) is 44.4. The first kappa shape index (κ1) is 13.9. The average molecular weight is 265 g/mol. The Morgan fingerprint density at radius 1 is 0.947 bits per heavy atom. The van der Waals surface area contributed by atoms with Gasteiger partial charge in [0.2, 0.25) is 0 Å². The van der Waals surface area contributed by atoms with Crippen LogP contribution in [-0.2, 0) is 0 Å². The van der Waals surface area contributed by atoms with Crippen LogP contribution in [0.3, 0.4) is 0 Å². The number of hydrogen-bond acceptors (Lipinski definition) is 2. The molecular formula is C17H31NO. The van der Waals surface area contributed by atoms with Crippen LogP contribution >= 0.6 is 0 Å². The second-order valence-corrected chi connectivity index (χ2v) is 9.08. The lowest BCUT2D eigenvalue weighted by Gasteiger charge is -2.61. The van der Waals surface area contributed by atoms with Gasteiger partial charge < -0.3 is 10.4 Å². The van der Waals surface area contributed by atoms with Crippen LogP contribution in [0.2, 0.25) is 0 Å². The lowest BCUT2D eigenvalue weighted by Crippen LogP contribution is -2.61. The van der Waals surface area contributed by atoms with Gasteiger partial charge in [-0.05, 0) is 84.0 Å². The summed E-state index contributed by atoms with van der Waals surface area (Å²) in [5.74, 6) is 2.73. The van der Waals surface area contributed by atoms with E-state index in [2.05, 4.69) is 33.0 Å². The summed E-state index contributed by atoms with van der Waals surface area (Å²) in [4.78, 5) is 0. The smallest absolute Gasteiger partial charge is 0.0799 e. The fraction of sp³-hybridized carbons (Fsp3) is 1.00. The number of aliphatic hydroxyl groups is 1. The lowest BCUT2D eigenvalue weighted by molar-refractivity contribution is -0.169. The molecule has 110 valence electrons. The van der Waals surface area contributed by atoms with Crippen molar-refractivity contribution in [2.75, 3.05) is 6.54 Å². The maximum atomic E-state index is 11.2.